The number of nitrogens with one attached hydrogen (secondary N) is 1. The topological polar surface area (TPSA) is 81.4 Å². The highest BCUT2D eigenvalue weighted by Gasteiger charge is 2.25. The molecule has 0 aliphatic carbocycles. The Balaban J connectivity index is 0.00000364. The Hall–Kier alpha value is -1.78. The molecule has 0 spiro atoms. The minimum absolute atomic E-state index is 0. The molecule has 1 N–H and O–H groups in total. The standard InChI is InChI=1S/C18H29N5O3.HI/c1-5-14(2)20-18(19-13-16(24)21(3)4)23-10-8-22(9-11-23)17(25)15-7-6-12-26-15;/h6-7,12,14H,5,8-11,13H2,1-4H3,(H,19,20);1H. The van der Waals surface area contributed by atoms with Crippen molar-refractivity contribution < 1.29 is 14.0 Å². The van der Waals surface area contributed by atoms with Gasteiger partial charge in [-0.3, -0.25) is 9.59 Å². The van der Waals surface area contributed by atoms with Gasteiger partial charge in [0.2, 0.25) is 5.91 Å². The lowest BCUT2D eigenvalue weighted by Gasteiger charge is -2.37. The van der Waals surface area contributed by atoms with Crippen LogP contribution in [0.1, 0.15) is 30.8 Å². The second-order valence-electron chi connectivity index (χ2n) is 6.64. The summed E-state index contributed by atoms with van der Waals surface area (Å²) in [4.78, 5) is 34.1. The largest absolute Gasteiger partial charge is 0.459 e. The maximum atomic E-state index is 12.4. The van der Waals surface area contributed by atoms with Crippen LogP contribution in [0.5, 0.6) is 0 Å². The Morgan fingerprint density at radius 3 is 2.41 bits per heavy atom. The Bertz CT molecular complexity index is 625. The third-order valence-electron chi connectivity index (χ3n) is 4.45. The molecule has 27 heavy (non-hydrogen) atoms. The fourth-order valence-electron chi connectivity index (χ4n) is 2.52. The number of rotatable bonds is 5. The number of halogens is 1. The molecule has 1 atom stereocenters. The summed E-state index contributed by atoms with van der Waals surface area (Å²) in [6.45, 7) is 6.78. The van der Waals surface area contributed by atoms with Crippen molar-refractivity contribution in [1.82, 2.24) is 20.0 Å². The zero-order chi connectivity index (χ0) is 19.1. The number of guanidine groups is 1. The molecule has 2 heterocycles. The van der Waals surface area contributed by atoms with Gasteiger partial charge in [0.15, 0.2) is 11.7 Å². The SMILES string of the molecule is CCC(C)NC(=NCC(=O)N(C)C)N1CCN(C(=O)c2ccco2)CC1.I. The van der Waals surface area contributed by atoms with Gasteiger partial charge >= 0.3 is 0 Å². The number of nitrogens with zero attached hydrogens (tertiary/aromatic N) is 4. The summed E-state index contributed by atoms with van der Waals surface area (Å²) in [6, 6.07) is 3.65. The van der Waals surface area contributed by atoms with Crippen molar-refractivity contribution in [2.75, 3.05) is 46.8 Å². The van der Waals surface area contributed by atoms with Gasteiger partial charge in [-0.05, 0) is 25.5 Å². The van der Waals surface area contributed by atoms with E-state index >= 15 is 0 Å². The summed E-state index contributed by atoms with van der Waals surface area (Å²) in [7, 11) is 3.44. The van der Waals surface area contributed by atoms with Gasteiger partial charge in [0.05, 0.1) is 6.26 Å². The smallest absolute Gasteiger partial charge is 0.289 e. The summed E-state index contributed by atoms with van der Waals surface area (Å²) >= 11 is 0. The van der Waals surface area contributed by atoms with Gasteiger partial charge in [0, 0.05) is 46.3 Å². The quantitative estimate of drug-likeness (QED) is 0.384. The molecule has 2 amide bonds. The summed E-state index contributed by atoms with van der Waals surface area (Å²) in [5.74, 6) is 0.951. The molecule has 152 valence electrons. The summed E-state index contributed by atoms with van der Waals surface area (Å²) in [6.07, 6.45) is 2.46. The molecule has 0 radical (unpaired) electrons. The van der Waals surface area contributed by atoms with Crippen molar-refractivity contribution in [2.45, 2.75) is 26.3 Å². The van der Waals surface area contributed by atoms with Crippen LogP contribution in [0.15, 0.2) is 27.8 Å². The normalized spacial score (nSPS) is 15.8. The molecule has 0 saturated carbocycles. The average molecular weight is 491 g/mol. The summed E-state index contributed by atoms with van der Waals surface area (Å²) < 4.78 is 5.19. The van der Waals surface area contributed by atoms with Crippen molar-refractivity contribution in [3.63, 3.8) is 0 Å². The number of piperazine rings is 1. The Kier molecular flexibility index (Phi) is 9.61. The lowest BCUT2D eigenvalue weighted by atomic mass is 10.2. The van der Waals surface area contributed by atoms with Gasteiger partial charge in [0.25, 0.3) is 5.91 Å². The first-order valence-corrected chi connectivity index (χ1v) is 9.01. The molecule has 2 rings (SSSR count). The number of amides is 2. The van der Waals surface area contributed by atoms with Gasteiger partial charge in [0.1, 0.15) is 6.54 Å². The maximum Gasteiger partial charge on any atom is 0.289 e. The van der Waals surface area contributed by atoms with Crippen LogP contribution in [0.2, 0.25) is 0 Å². The molecule has 9 heteroatoms. The molecule has 1 aromatic heterocycles. The molecule has 1 unspecified atom stereocenters. The molecule has 0 aromatic carbocycles. The molecular weight excluding hydrogens is 461 g/mol. The fraction of sp³-hybridized carbons (Fsp3) is 0.611. The van der Waals surface area contributed by atoms with E-state index in [9.17, 15) is 9.59 Å². The first-order chi connectivity index (χ1) is 12.4. The number of furan rings is 1. The van der Waals surface area contributed by atoms with Gasteiger partial charge < -0.3 is 24.4 Å². The van der Waals surface area contributed by atoms with E-state index in [4.69, 9.17) is 4.42 Å². The first-order valence-electron chi connectivity index (χ1n) is 9.01. The van der Waals surface area contributed by atoms with Crippen molar-refractivity contribution in [3.05, 3.63) is 24.2 Å². The fourth-order valence-corrected chi connectivity index (χ4v) is 2.52. The predicted octanol–water partition coefficient (Wildman–Crippen LogP) is 1.49. The molecular formula is C18H30IN5O3. The maximum absolute atomic E-state index is 12.4. The lowest BCUT2D eigenvalue weighted by molar-refractivity contribution is -0.127. The highest BCUT2D eigenvalue weighted by atomic mass is 127. The molecule has 1 aliphatic rings. The summed E-state index contributed by atoms with van der Waals surface area (Å²) in [5.41, 5.74) is 0. The molecule has 1 aliphatic heterocycles. The minimum Gasteiger partial charge on any atom is -0.459 e. The molecule has 1 aromatic rings. The van der Waals surface area contributed by atoms with E-state index in [0.717, 1.165) is 12.4 Å². The number of hydrogen-bond acceptors (Lipinski definition) is 4. The van der Waals surface area contributed by atoms with Crippen LogP contribution >= 0.6 is 24.0 Å². The van der Waals surface area contributed by atoms with Gasteiger partial charge in [-0.2, -0.15) is 0 Å². The van der Waals surface area contributed by atoms with E-state index in [1.807, 2.05) is 0 Å². The Morgan fingerprint density at radius 1 is 1.26 bits per heavy atom. The second kappa shape index (κ2) is 11.2. The van der Waals surface area contributed by atoms with Crippen LogP contribution in [0.4, 0.5) is 0 Å². The van der Waals surface area contributed by atoms with E-state index < -0.39 is 0 Å². The zero-order valence-electron chi connectivity index (χ0n) is 16.5. The minimum atomic E-state index is -0.0918. The van der Waals surface area contributed by atoms with E-state index in [-0.39, 0.29) is 48.4 Å². The van der Waals surface area contributed by atoms with Crippen molar-refractivity contribution >= 4 is 41.8 Å². The Labute approximate surface area is 178 Å². The second-order valence-corrected chi connectivity index (χ2v) is 6.64. The van der Waals surface area contributed by atoms with E-state index in [1.165, 1.54) is 11.2 Å². The first kappa shape index (κ1) is 23.3. The number of likely N-dealkylation sites (N-methyl/N-ethyl adjacent to an activating group) is 1. The van der Waals surface area contributed by atoms with Crippen LogP contribution in [0.25, 0.3) is 0 Å². The highest BCUT2D eigenvalue weighted by Crippen LogP contribution is 2.10. The highest BCUT2D eigenvalue weighted by molar-refractivity contribution is 14.0. The van der Waals surface area contributed by atoms with Gasteiger partial charge in [-0.15, -0.1) is 24.0 Å². The van der Waals surface area contributed by atoms with Crippen LogP contribution in [-0.4, -0.2) is 85.3 Å². The van der Waals surface area contributed by atoms with Gasteiger partial charge in [-0.25, -0.2) is 4.99 Å². The van der Waals surface area contributed by atoms with Crippen LogP contribution in [0, 0.1) is 0 Å². The lowest BCUT2D eigenvalue weighted by Crippen LogP contribution is -2.55. The Morgan fingerprint density at radius 2 is 1.89 bits per heavy atom. The molecule has 1 saturated heterocycles. The average Bonchev–Trinajstić information content (AvgIpc) is 3.18. The molecule has 1 fully saturated rings. The summed E-state index contributed by atoms with van der Waals surface area (Å²) in [5, 5.41) is 3.39. The van der Waals surface area contributed by atoms with Gasteiger partial charge in [-0.1, -0.05) is 6.92 Å². The van der Waals surface area contributed by atoms with Crippen molar-refractivity contribution in [2.24, 2.45) is 4.99 Å². The van der Waals surface area contributed by atoms with Crippen LogP contribution in [-0.2, 0) is 4.79 Å². The monoisotopic (exact) mass is 491 g/mol. The molecule has 8 nitrogen and oxygen atoms in total. The van der Waals surface area contributed by atoms with Crippen molar-refractivity contribution in [1.29, 1.82) is 0 Å². The molecule has 0 bridgehead atoms. The van der Waals surface area contributed by atoms with E-state index in [1.54, 1.807) is 31.1 Å². The number of carbonyl (C=O) groups excluding carboxylic acids is 2. The number of aliphatic imine (C=N–C) groups is 1. The van der Waals surface area contributed by atoms with E-state index in [2.05, 4.69) is 29.1 Å². The third kappa shape index (κ3) is 6.71. The van der Waals surface area contributed by atoms with Crippen LogP contribution < -0.4 is 5.32 Å². The third-order valence-corrected chi connectivity index (χ3v) is 4.45. The number of hydrogen-bond donors (Lipinski definition) is 1. The van der Waals surface area contributed by atoms with Crippen LogP contribution in [0.3, 0.4) is 0 Å². The number of carbonyl (C=O) groups is 2. The van der Waals surface area contributed by atoms with Crippen molar-refractivity contribution in [3.8, 4) is 0 Å². The predicted molar refractivity (Wildman–Crippen MR) is 115 cm³/mol. The van der Waals surface area contributed by atoms with E-state index in [0.29, 0.717) is 31.9 Å². The zero-order valence-corrected chi connectivity index (χ0v) is 18.8.